The Labute approximate surface area is 107 Å². The van der Waals surface area contributed by atoms with Crippen molar-refractivity contribution in [1.29, 1.82) is 0 Å². The van der Waals surface area contributed by atoms with Crippen molar-refractivity contribution in [3.63, 3.8) is 0 Å². The van der Waals surface area contributed by atoms with Crippen LogP contribution in [0.4, 0.5) is 0 Å². The third kappa shape index (κ3) is 4.10. The van der Waals surface area contributed by atoms with Gasteiger partial charge in [-0.2, -0.15) is 0 Å². The molecule has 1 rings (SSSR count). The van der Waals surface area contributed by atoms with E-state index in [2.05, 4.69) is 5.32 Å². The average molecular weight is 252 g/mol. The van der Waals surface area contributed by atoms with Crippen molar-refractivity contribution in [3.8, 4) is 0 Å². The first-order valence-corrected chi connectivity index (χ1v) is 5.94. The molecule has 0 aromatic heterocycles. The van der Waals surface area contributed by atoms with Crippen molar-refractivity contribution in [2.24, 2.45) is 5.73 Å². The van der Waals surface area contributed by atoms with Crippen LogP contribution in [0.1, 0.15) is 23.7 Å². The Kier molecular flexibility index (Phi) is 5.77. The Bertz CT molecular complexity index is 378. The highest BCUT2D eigenvalue weighted by atomic mass is 16.3. The summed E-state index contributed by atoms with van der Waals surface area (Å²) in [6.07, 6.45) is -1.15. The van der Waals surface area contributed by atoms with Crippen LogP contribution in [0, 0.1) is 0 Å². The van der Waals surface area contributed by atoms with E-state index >= 15 is 0 Å². The summed E-state index contributed by atoms with van der Waals surface area (Å²) in [5, 5.41) is 22.0. The first-order valence-electron chi connectivity index (χ1n) is 5.94. The fraction of sp³-hybridized carbons (Fsp3) is 0.462. The minimum atomic E-state index is -0.942. The van der Waals surface area contributed by atoms with E-state index < -0.39 is 12.2 Å². The van der Waals surface area contributed by atoms with E-state index in [1.54, 1.807) is 31.3 Å². The Morgan fingerprint density at radius 2 is 1.94 bits per heavy atom. The highest BCUT2D eigenvalue weighted by Crippen LogP contribution is 2.19. The molecule has 5 nitrogen and oxygen atoms in total. The molecule has 0 saturated heterocycles. The zero-order valence-corrected chi connectivity index (χ0v) is 10.5. The van der Waals surface area contributed by atoms with E-state index in [1.165, 1.54) is 0 Å². The van der Waals surface area contributed by atoms with Crippen molar-refractivity contribution < 1.29 is 15.0 Å². The van der Waals surface area contributed by atoms with Crippen LogP contribution in [-0.4, -0.2) is 35.8 Å². The number of carbonyl (C=O) groups is 1. The molecule has 0 aliphatic carbocycles. The first-order chi connectivity index (χ1) is 8.58. The predicted octanol–water partition coefficient (Wildman–Crippen LogP) is -0.282. The van der Waals surface area contributed by atoms with Crippen LogP contribution in [-0.2, 0) is 11.2 Å². The van der Waals surface area contributed by atoms with E-state index in [4.69, 9.17) is 5.73 Å². The van der Waals surface area contributed by atoms with E-state index in [0.29, 0.717) is 24.9 Å². The smallest absolute Gasteiger partial charge is 0.224 e. The molecule has 0 radical (unpaired) electrons. The lowest BCUT2D eigenvalue weighted by Crippen LogP contribution is -2.22. The number of amides is 1. The molecule has 1 amide bonds. The van der Waals surface area contributed by atoms with Gasteiger partial charge in [0.1, 0.15) is 6.10 Å². The quantitative estimate of drug-likeness (QED) is 0.560. The van der Waals surface area contributed by atoms with Crippen LogP contribution < -0.4 is 11.1 Å². The molecule has 0 spiro atoms. The summed E-state index contributed by atoms with van der Waals surface area (Å²) >= 11 is 0. The molecule has 18 heavy (non-hydrogen) atoms. The largest absolute Gasteiger partial charge is 0.390 e. The van der Waals surface area contributed by atoms with Gasteiger partial charge < -0.3 is 21.3 Å². The van der Waals surface area contributed by atoms with Crippen LogP contribution in [0.25, 0.3) is 0 Å². The van der Waals surface area contributed by atoms with Gasteiger partial charge in [0.05, 0.1) is 12.5 Å². The second-order valence-corrected chi connectivity index (χ2v) is 4.18. The van der Waals surface area contributed by atoms with Crippen LogP contribution in [0.5, 0.6) is 0 Å². The SMILES string of the molecule is CNC(=O)Cc1ccc(C(O)C(O)CCN)cc1. The third-order valence-electron chi connectivity index (χ3n) is 2.79. The minimum Gasteiger partial charge on any atom is -0.390 e. The molecular weight excluding hydrogens is 232 g/mol. The van der Waals surface area contributed by atoms with Gasteiger partial charge >= 0.3 is 0 Å². The van der Waals surface area contributed by atoms with E-state index in [1.807, 2.05) is 0 Å². The van der Waals surface area contributed by atoms with E-state index in [0.717, 1.165) is 5.56 Å². The van der Waals surface area contributed by atoms with Crippen molar-refractivity contribution in [1.82, 2.24) is 5.32 Å². The molecule has 0 aliphatic rings. The molecular formula is C13H20N2O3. The van der Waals surface area contributed by atoms with Crippen LogP contribution >= 0.6 is 0 Å². The maximum absolute atomic E-state index is 11.2. The van der Waals surface area contributed by atoms with Crippen molar-refractivity contribution >= 4 is 5.91 Å². The number of benzene rings is 1. The zero-order chi connectivity index (χ0) is 13.5. The molecule has 0 heterocycles. The Morgan fingerprint density at radius 1 is 1.33 bits per heavy atom. The number of likely N-dealkylation sites (N-methyl/N-ethyl adjacent to an activating group) is 1. The van der Waals surface area contributed by atoms with Gasteiger partial charge in [-0.05, 0) is 24.1 Å². The molecule has 1 aromatic rings. The van der Waals surface area contributed by atoms with Gasteiger partial charge in [-0.1, -0.05) is 24.3 Å². The normalized spacial score (nSPS) is 14.0. The maximum Gasteiger partial charge on any atom is 0.224 e. The Hall–Kier alpha value is -1.43. The molecule has 2 atom stereocenters. The summed E-state index contributed by atoms with van der Waals surface area (Å²) in [6.45, 7) is 0.326. The summed E-state index contributed by atoms with van der Waals surface area (Å²) in [5.74, 6) is -0.0635. The molecule has 0 saturated carbocycles. The number of aliphatic hydroxyl groups is 2. The molecule has 1 aromatic carbocycles. The zero-order valence-electron chi connectivity index (χ0n) is 10.5. The standard InChI is InChI=1S/C13H20N2O3/c1-15-12(17)8-9-2-4-10(5-3-9)13(18)11(16)6-7-14/h2-5,11,13,16,18H,6-8,14H2,1H3,(H,15,17). The Morgan fingerprint density at radius 3 is 2.44 bits per heavy atom. The van der Waals surface area contributed by atoms with Gasteiger partial charge in [-0.3, -0.25) is 4.79 Å². The second-order valence-electron chi connectivity index (χ2n) is 4.18. The number of aliphatic hydroxyl groups excluding tert-OH is 2. The van der Waals surface area contributed by atoms with Gasteiger partial charge in [-0.25, -0.2) is 0 Å². The number of carbonyl (C=O) groups excluding carboxylic acids is 1. The van der Waals surface area contributed by atoms with E-state index in [9.17, 15) is 15.0 Å². The number of nitrogens with two attached hydrogens (primary N) is 1. The monoisotopic (exact) mass is 252 g/mol. The summed E-state index contributed by atoms with van der Waals surface area (Å²) in [5.41, 5.74) is 6.81. The summed E-state index contributed by atoms with van der Waals surface area (Å²) in [7, 11) is 1.59. The van der Waals surface area contributed by atoms with Gasteiger partial charge in [0, 0.05) is 7.05 Å². The molecule has 5 heteroatoms. The number of rotatable bonds is 6. The number of nitrogens with one attached hydrogen (secondary N) is 1. The molecule has 5 N–H and O–H groups in total. The number of hydrogen-bond donors (Lipinski definition) is 4. The molecule has 100 valence electrons. The molecule has 0 aliphatic heterocycles. The summed E-state index contributed by atoms with van der Waals surface area (Å²) in [4.78, 5) is 11.2. The second kappa shape index (κ2) is 7.10. The molecule has 0 bridgehead atoms. The lowest BCUT2D eigenvalue weighted by atomic mass is 10.00. The van der Waals surface area contributed by atoms with Gasteiger partial charge in [0.25, 0.3) is 0 Å². The van der Waals surface area contributed by atoms with Gasteiger partial charge in [-0.15, -0.1) is 0 Å². The Balaban J connectivity index is 2.67. The summed E-state index contributed by atoms with van der Waals surface area (Å²) < 4.78 is 0. The lowest BCUT2D eigenvalue weighted by Gasteiger charge is -2.17. The third-order valence-corrected chi connectivity index (χ3v) is 2.79. The highest BCUT2D eigenvalue weighted by Gasteiger charge is 2.17. The fourth-order valence-electron chi connectivity index (χ4n) is 1.66. The first kappa shape index (κ1) is 14.6. The maximum atomic E-state index is 11.2. The lowest BCUT2D eigenvalue weighted by molar-refractivity contribution is -0.119. The van der Waals surface area contributed by atoms with Gasteiger partial charge in [0.2, 0.25) is 5.91 Å². The van der Waals surface area contributed by atoms with E-state index in [-0.39, 0.29) is 5.91 Å². The molecule has 2 unspecified atom stereocenters. The van der Waals surface area contributed by atoms with Crippen molar-refractivity contribution in [2.75, 3.05) is 13.6 Å². The topological polar surface area (TPSA) is 95.6 Å². The minimum absolute atomic E-state index is 0.0635. The van der Waals surface area contributed by atoms with Crippen LogP contribution in [0.15, 0.2) is 24.3 Å². The number of hydrogen-bond acceptors (Lipinski definition) is 4. The highest BCUT2D eigenvalue weighted by molar-refractivity contribution is 5.78. The van der Waals surface area contributed by atoms with Crippen molar-refractivity contribution in [2.45, 2.75) is 25.0 Å². The van der Waals surface area contributed by atoms with Crippen molar-refractivity contribution in [3.05, 3.63) is 35.4 Å². The molecule has 0 fully saturated rings. The van der Waals surface area contributed by atoms with Gasteiger partial charge in [0.15, 0.2) is 0 Å². The van der Waals surface area contributed by atoms with Crippen LogP contribution in [0.2, 0.25) is 0 Å². The fourth-order valence-corrected chi connectivity index (χ4v) is 1.66. The summed E-state index contributed by atoms with van der Waals surface area (Å²) in [6, 6.07) is 6.96. The average Bonchev–Trinajstić information content (AvgIpc) is 2.39. The van der Waals surface area contributed by atoms with Crippen LogP contribution in [0.3, 0.4) is 0 Å². The predicted molar refractivity (Wildman–Crippen MR) is 68.9 cm³/mol.